The predicted octanol–water partition coefficient (Wildman–Crippen LogP) is 6.05. The summed E-state index contributed by atoms with van der Waals surface area (Å²) in [6.07, 6.45) is 1.95. The molecule has 2 aromatic heterocycles. The molecule has 0 aliphatic carbocycles. The topological polar surface area (TPSA) is 62.2 Å². The Morgan fingerprint density at radius 1 is 0.852 bits per heavy atom. The van der Waals surface area contributed by atoms with Gasteiger partial charge in [0.25, 0.3) is 0 Å². The molecule has 134 valence electrons. The highest BCUT2D eigenvalue weighted by atomic mass is 16.3. The Morgan fingerprint density at radius 3 is 2.37 bits per heavy atom. The number of aromatic nitrogens is 2. The van der Waals surface area contributed by atoms with E-state index in [4.69, 9.17) is 4.98 Å². The molecule has 1 N–H and O–H groups in total. The van der Waals surface area contributed by atoms with Crippen LogP contribution in [0.5, 0.6) is 5.75 Å². The fourth-order valence-corrected chi connectivity index (χ4v) is 2.99. The van der Waals surface area contributed by atoms with E-state index < -0.39 is 0 Å². The van der Waals surface area contributed by atoms with E-state index >= 15 is 0 Å². The second kappa shape index (κ2) is 6.68. The summed E-state index contributed by atoms with van der Waals surface area (Å²) < 4.78 is 1.96. The van der Waals surface area contributed by atoms with Gasteiger partial charge in [0.1, 0.15) is 17.1 Å². The number of pyridine rings is 1. The first kappa shape index (κ1) is 17.0. The van der Waals surface area contributed by atoms with Crippen LogP contribution in [0.15, 0.2) is 71.0 Å². The quantitative estimate of drug-likeness (QED) is 0.454. The zero-order chi connectivity index (χ0) is 19.0. The minimum atomic E-state index is 0.204. The first-order valence-electron chi connectivity index (χ1n) is 8.79. The van der Waals surface area contributed by atoms with Crippen molar-refractivity contribution in [1.29, 1.82) is 0 Å². The van der Waals surface area contributed by atoms with E-state index in [1.807, 2.05) is 29.7 Å². The number of fused-ring (bicyclic) bond motifs is 1. The van der Waals surface area contributed by atoms with Crippen LogP contribution < -0.4 is 0 Å². The molecule has 2 aromatic carbocycles. The molecular weight excluding hydrogens is 336 g/mol. The maximum atomic E-state index is 9.44. The average Bonchev–Trinajstić information content (AvgIpc) is 3.04. The maximum absolute atomic E-state index is 9.44. The first-order chi connectivity index (χ1) is 13.0. The number of nitrogens with zero attached hydrogens (tertiary/aromatic N) is 4. The Kier molecular flexibility index (Phi) is 4.20. The summed E-state index contributed by atoms with van der Waals surface area (Å²) in [5.74, 6) is 0.889. The number of hydrogen-bond donors (Lipinski definition) is 1. The summed E-state index contributed by atoms with van der Waals surface area (Å²) in [6, 6.07) is 17.0. The fraction of sp³-hybridized carbons (Fsp3) is 0.136. The molecule has 0 unspecified atom stereocenters. The van der Waals surface area contributed by atoms with Gasteiger partial charge in [-0.2, -0.15) is 0 Å². The minimum absolute atomic E-state index is 0.204. The monoisotopic (exact) mass is 356 g/mol. The number of phenols is 1. The fourth-order valence-electron chi connectivity index (χ4n) is 2.99. The van der Waals surface area contributed by atoms with E-state index in [-0.39, 0.29) is 5.75 Å². The highest BCUT2D eigenvalue weighted by Crippen LogP contribution is 2.34. The summed E-state index contributed by atoms with van der Waals surface area (Å²) in [7, 11) is 0. The van der Waals surface area contributed by atoms with Crippen LogP contribution in [0.3, 0.4) is 0 Å². The predicted molar refractivity (Wildman–Crippen MR) is 107 cm³/mol. The van der Waals surface area contributed by atoms with Crippen LogP contribution in [0.1, 0.15) is 16.7 Å². The third-order valence-corrected chi connectivity index (χ3v) is 4.71. The van der Waals surface area contributed by atoms with Gasteiger partial charge in [-0.15, -0.1) is 10.2 Å². The van der Waals surface area contributed by atoms with Crippen LogP contribution in [0.4, 0.5) is 11.5 Å². The molecule has 5 heteroatoms. The number of phenolic OH excluding ortho intramolecular Hbond substituents is 1. The van der Waals surface area contributed by atoms with Crippen molar-refractivity contribution in [2.75, 3.05) is 0 Å². The number of benzene rings is 2. The molecule has 0 bridgehead atoms. The summed E-state index contributed by atoms with van der Waals surface area (Å²) in [5.41, 5.74) is 6.88. The third kappa shape index (κ3) is 3.19. The zero-order valence-corrected chi connectivity index (χ0v) is 15.5. The molecule has 0 amide bonds. The number of rotatable bonds is 3. The molecule has 0 spiro atoms. The Bertz CT molecular complexity index is 1160. The number of imidazole rings is 1. The van der Waals surface area contributed by atoms with Crippen molar-refractivity contribution in [3.05, 3.63) is 77.5 Å². The van der Waals surface area contributed by atoms with Crippen molar-refractivity contribution in [3.63, 3.8) is 0 Å². The summed E-state index contributed by atoms with van der Waals surface area (Å²) in [5, 5.41) is 18.3. The molecule has 5 nitrogen and oxygen atoms in total. The Morgan fingerprint density at radius 2 is 1.63 bits per heavy atom. The lowest BCUT2D eigenvalue weighted by molar-refractivity contribution is 0.475. The lowest BCUT2D eigenvalue weighted by Crippen LogP contribution is -1.85. The van der Waals surface area contributed by atoms with Gasteiger partial charge < -0.3 is 5.11 Å². The first-order valence-corrected chi connectivity index (χ1v) is 8.79. The molecule has 27 heavy (non-hydrogen) atoms. The van der Waals surface area contributed by atoms with Crippen molar-refractivity contribution in [3.8, 4) is 17.0 Å². The van der Waals surface area contributed by atoms with Crippen molar-refractivity contribution in [2.45, 2.75) is 20.8 Å². The van der Waals surface area contributed by atoms with Gasteiger partial charge in [0, 0.05) is 11.8 Å². The van der Waals surface area contributed by atoms with Crippen LogP contribution in [0, 0.1) is 20.8 Å². The summed E-state index contributed by atoms with van der Waals surface area (Å²) >= 11 is 0. The third-order valence-electron chi connectivity index (χ3n) is 4.71. The number of azo groups is 1. The van der Waals surface area contributed by atoms with Crippen LogP contribution >= 0.6 is 0 Å². The Hall–Kier alpha value is -3.47. The molecular formula is C22H20N4O. The normalized spacial score (nSPS) is 11.5. The molecule has 0 aliphatic rings. The molecule has 0 saturated carbocycles. The zero-order valence-electron chi connectivity index (χ0n) is 15.5. The van der Waals surface area contributed by atoms with Crippen molar-refractivity contribution >= 4 is 17.2 Å². The van der Waals surface area contributed by atoms with Gasteiger partial charge in [-0.05, 0) is 73.9 Å². The van der Waals surface area contributed by atoms with Gasteiger partial charge >= 0.3 is 0 Å². The molecule has 0 radical (unpaired) electrons. The molecule has 0 saturated heterocycles. The highest BCUT2D eigenvalue weighted by Gasteiger charge is 2.15. The number of aromatic hydroxyl groups is 1. The molecule has 0 aliphatic heterocycles. The van der Waals surface area contributed by atoms with Gasteiger partial charge in [0.15, 0.2) is 5.82 Å². The van der Waals surface area contributed by atoms with Gasteiger partial charge in [-0.25, -0.2) is 4.98 Å². The largest absolute Gasteiger partial charge is 0.508 e. The van der Waals surface area contributed by atoms with Gasteiger partial charge in [0.05, 0.1) is 5.69 Å². The maximum Gasteiger partial charge on any atom is 0.187 e. The van der Waals surface area contributed by atoms with E-state index in [0.717, 1.165) is 22.5 Å². The van der Waals surface area contributed by atoms with E-state index in [2.05, 4.69) is 42.3 Å². The Balaban J connectivity index is 1.90. The van der Waals surface area contributed by atoms with E-state index in [0.29, 0.717) is 11.5 Å². The van der Waals surface area contributed by atoms with E-state index in [9.17, 15) is 5.11 Å². The second-order valence-electron chi connectivity index (χ2n) is 6.68. The van der Waals surface area contributed by atoms with Gasteiger partial charge in [-0.3, -0.25) is 4.40 Å². The van der Waals surface area contributed by atoms with Gasteiger partial charge in [0.2, 0.25) is 0 Å². The van der Waals surface area contributed by atoms with Crippen LogP contribution in [-0.4, -0.2) is 14.5 Å². The molecule has 4 rings (SSSR count). The molecule has 0 atom stereocenters. The molecule has 4 aromatic rings. The van der Waals surface area contributed by atoms with Gasteiger partial charge in [-0.1, -0.05) is 18.2 Å². The van der Waals surface area contributed by atoms with E-state index in [1.54, 1.807) is 24.3 Å². The van der Waals surface area contributed by atoms with Crippen LogP contribution in [-0.2, 0) is 0 Å². The van der Waals surface area contributed by atoms with Crippen LogP contribution in [0.25, 0.3) is 16.9 Å². The Labute approximate surface area is 157 Å². The second-order valence-corrected chi connectivity index (χ2v) is 6.68. The summed E-state index contributed by atoms with van der Waals surface area (Å²) in [6.45, 7) is 6.23. The minimum Gasteiger partial charge on any atom is -0.508 e. The summed E-state index contributed by atoms with van der Waals surface area (Å²) in [4.78, 5) is 4.85. The smallest absolute Gasteiger partial charge is 0.187 e. The van der Waals surface area contributed by atoms with E-state index in [1.165, 1.54) is 11.1 Å². The molecule has 0 fully saturated rings. The van der Waals surface area contributed by atoms with Crippen LogP contribution in [0.2, 0.25) is 0 Å². The number of aryl methyl sites for hydroxylation is 3. The molecule has 2 heterocycles. The lowest BCUT2D eigenvalue weighted by Gasteiger charge is -2.04. The SMILES string of the molecule is Cc1ccc(-c2nc3c(C)cccn3c2N=Nc2ccc(O)cc2)cc1C. The standard InChI is InChI=1S/C22H20N4O/c1-14-6-7-17(13-16(14)3)20-22(25-24-18-8-10-19(27)11-9-18)26-12-4-5-15(2)21(26)23-20/h4-13,27H,1-3H3. The van der Waals surface area contributed by atoms with Crippen molar-refractivity contribution < 1.29 is 5.11 Å². The number of hydrogen-bond acceptors (Lipinski definition) is 4. The average molecular weight is 356 g/mol. The van der Waals surface area contributed by atoms with Crippen molar-refractivity contribution in [2.24, 2.45) is 10.2 Å². The highest BCUT2D eigenvalue weighted by molar-refractivity contribution is 5.76. The van der Waals surface area contributed by atoms with Crippen molar-refractivity contribution in [1.82, 2.24) is 9.38 Å². The lowest BCUT2D eigenvalue weighted by atomic mass is 10.0.